The van der Waals surface area contributed by atoms with Crippen molar-refractivity contribution in [1.82, 2.24) is 25.3 Å². The zero-order valence-electron chi connectivity index (χ0n) is 19.3. The van der Waals surface area contributed by atoms with E-state index in [-0.39, 0.29) is 11.0 Å². The van der Waals surface area contributed by atoms with Crippen molar-refractivity contribution in [2.45, 2.75) is 13.0 Å². The predicted molar refractivity (Wildman–Crippen MR) is 142 cm³/mol. The van der Waals surface area contributed by atoms with Gasteiger partial charge in [-0.2, -0.15) is 0 Å². The van der Waals surface area contributed by atoms with Crippen LogP contribution in [0.5, 0.6) is 0 Å². The number of aromatic amines is 1. The molecule has 0 radical (unpaired) electrons. The molecule has 3 heterocycles. The summed E-state index contributed by atoms with van der Waals surface area (Å²) < 4.78 is 14.7. The van der Waals surface area contributed by atoms with E-state index in [1.807, 2.05) is 31.3 Å². The number of anilines is 2. The summed E-state index contributed by atoms with van der Waals surface area (Å²) in [7, 11) is 1.88. The second kappa shape index (κ2) is 9.14. The average molecular weight is 498 g/mol. The molecule has 178 valence electrons. The summed E-state index contributed by atoms with van der Waals surface area (Å²) in [6.45, 7) is 0.659. The van der Waals surface area contributed by atoms with Crippen LogP contribution in [0.3, 0.4) is 0 Å². The van der Waals surface area contributed by atoms with Gasteiger partial charge in [0.1, 0.15) is 16.8 Å². The molecule has 0 fully saturated rings. The van der Waals surface area contributed by atoms with Crippen molar-refractivity contribution in [2.24, 2.45) is 4.99 Å². The van der Waals surface area contributed by atoms with E-state index in [1.165, 1.54) is 6.07 Å². The monoisotopic (exact) mass is 497 g/mol. The van der Waals surface area contributed by atoms with Gasteiger partial charge in [-0.3, -0.25) is 0 Å². The number of rotatable bonds is 5. The number of allylic oxidation sites excluding steroid dienone is 5. The van der Waals surface area contributed by atoms with Crippen LogP contribution in [0.1, 0.15) is 22.6 Å². The molecule has 1 aliphatic carbocycles. The first-order chi connectivity index (χ1) is 17.6. The fraction of sp³-hybridized carbons (Fsp3) is 0.111. The number of aromatic nitrogens is 4. The molecule has 4 aromatic rings. The maximum Gasteiger partial charge on any atom is 0.227 e. The molecule has 2 aromatic carbocycles. The fourth-order valence-corrected chi connectivity index (χ4v) is 4.63. The summed E-state index contributed by atoms with van der Waals surface area (Å²) in [5, 5.41) is 6.66. The zero-order chi connectivity index (χ0) is 24.6. The average Bonchev–Trinajstić information content (AvgIpc) is 3.19. The number of hydrogen-bond acceptors (Lipinski definition) is 6. The maximum atomic E-state index is 14.7. The van der Waals surface area contributed by atoms with Crippen LogP contribution >= 0.6 is 11.6 Å². The second-order valence-corrected chi connectivity index (χ2v) is 8.88. The minimum atomic E-state index is -0.321. The molecule has 0 saturated heterocycles. The Morgan fingerprint density at radius 2 is 1.97 bits per heavy atom. The lowest BCUT2D eigenvalue weighted by atomic mass is 9.85. The number of nitrogens with zero attached hydrogens (tertiary/aromatic N) is 4. The van der Waals surface area contributed by atoms with Crippen LogP contribution in [0, 0.1) is 5.82 Å². The normalized spacial score (nSPS) is 14.8. The standard InChI is InChI=1S/C27H21ClFN7/c1-30-14-25-34-22-9-7-16(10-23(22)35-25)33-27-32-12-15-6-8-17-19(18-4-2-3-5-21(18)29)11-24(28)31-13-20(17)26(15)36-27/h2-5,7-13,30H,6,14H2,1H3,(H,34,35)(H,32,33,36). The number of H-pyrrole nitrogens is 1. The number of nitrogens with one attached hydrogen (secondary N) is 3. The predicted octanol–water partition coefficient (Wildman–Crippen LogP) is 5.51. The van der Waals surface area contributed by atoms with Gasteiger partial charge in [-0.25, -0.2) is 24.3 Å². The van der Waals surface area contributed by atoms with Crippen molar-refractivity contribution in [2.75, 3.05) is 12.4 Å². The molecule has 2 aromatic heterocycles. The van der Waals surface area contributed by atoms with Crippen LogP contribution in [0.2, 0.25) is 0 Å². The second-order valence-electron chi connectivity index (χ2n) is 8.49. The lowest BCUT2D eigenvalue weighted by Gasteiger charge is -2.21. The molecule has 1 aliphatic heterocycles. The molecular formula is C27H21ClFN7. The van der Waals surface area contributed by atoms with Crippen LogP contribution in [0.4, 0.5) is 16.0 Å². The van der Waals surface area contributed by atoms with Crippen molar-refractivity contribution in [3.8, 4) is 0 Å². The highest BCUT2D eigenvalue weighted by atomic mass is 35.5. The number of imidazole rings is 1. The Bertz CT molecular complexity index is 1630. The molecule has 2 aliphatic rings. The lowest BCUT2D eigenvalue weighted by Crippen LogP contribution is -2.10. The zero-order valence-corrected chi connectivity index (χ0v) is 20.1. The van der Waals surface area contributed by atoms with Crippen LogP contribution < -0.4 is 10.6 Å². The van der Waals surface area contributed by atoms with Gasteiger partial charge in [0.2, 0.25) is 5.95 Å². The van der Waals surface area contributed by atoms with E-state index in [1.54, 1.807) is 36.7 Å². The highest BCUT2D eigenvalue weighted by Crippen LogP contribution is 2.41. The summed E-state index contributed by atoms with van der Waals surface area (Å²) in [5.41, 5.74) is 7.08. The number of halogens is 2. The molecule has 0 unspecified atom stereocenters. The summed E-state index contributed by atoms with van der Waals surface area (Å²) in [5.74, 6) is 0.992. The number of aliphatic imine (C=N–C) groups is 1. The van der Waals surface area contributed by atoms with Gasteiger partial charge in [0.15, 0.2) is 0 Å². The molecule has 3 N–H and O–H groups in total. The SMILES string of the molecule is CNCc1nc2ccc(Nc3ncc4c(n3)C3=CN=C(Cl)C=C(c5ccccc5F)C3=CC4)cc2[nH]1. The first kappa shape index (κ1) is 22.3. The van der Waals surface area contributed by atoms with Gasteiger partial charge < -0.3 is 15.6 Å². The van der Waals surface area contributed by atoms with Crippen LogP contribution in [0.25, 0.3) is 22.2 Å². The van der Waals surface area contributed by atoms with Crippen LogP contribution in [-0.4, -0.2) is 32.2 Å². The highest BCUT2D eigenvalue weighted by molar-refractivity contribution is 6.69. The van der Waals surface area contributed by atoms with E-state index in [0.717, 1.165) is 44.9 Å². The molecule has 6 rings (SSSR count). The Morgan fingerprint density at radius 1 is 1.08 bits per heavy atom. The van der Waals surface area contributed by atoms with Crippen molar-refractivity contribution in [1.29, 1.82) is 0 Å². The molecule has 0 atom stereocenters. The van der Waals surface area contributed by atoms with E-state index >= 15 is 0 Å². The van der Waals surface area contributed by atoms with Crippen molar-refractivity contribution < 1.29 is 4.39 Å². The smallest absolute Gasteiger partial charge is 0.227 e. The third-order valence-electron chi connectivity index (χ3n) is 6.10. The van der Waals surface area contributed by atoms with Gasteiger partial charge in [0, 0.05) is 34.8 Å². The Kier molecular flexibility index (Phi) is 5.67. The Labute approximate surface area is 211 Å². The Morgan fingerprint density at radius 3 is 2.83 bits per heavy atom. The third-order valence-corrected chi connectivity index (χ3v) is 6.31. The van der Waals surface area contributed by atoms with Gasteiger partial charge >= 0.3 is 0 Å². The van der Waals surface area contributed by atoms with Gasteiger partial charge in [-0.15, -0.1) is 0 Å². The van der Waals surface area contributed by atoms with Crippen LogP contribution in [0.15, 0.2) is 77.6 Å². The van der Waals surface area contributed by atoms with Crippen LogP contribution in [-0.2, 0) is 13.0 Å². The first-order valence-electron chi connectivity index (χ1n) is 11.5. The summed E-state index contributed by atoms with van der Waals surface area (Å²) in [6.07, 6.45) is 7.85. The summed E-state index contributed by atoms with van der Waals surface area (Å²) >= 11 is 6.34. The van der Waals surface area contributed by atoms with Gasteiger partial charge in [0.25, 0.3) is 0 Å². The minimum Gasteiger partial charge on any atom is -0.341 e. The summed E-state index contributed by atoms with van der Waals surface area (Å²) in [4.78, 5) is 21.6. The number of benzene rings is 2. The summed E-state index contributed by atoms with van der Waals surface area (Å²) in [6, 6.07) is 12.5. The largest absolute Gasteiger partial charge is 0.341 e. The van der Waals surface area contributed by atoms with E-state index < -0.39 is 0 Å². The van der Waals surface area contributed by atoms with Gasteiger partial charge in [-0.05, 0) is 55.0 Å². The first-order valence-corrected chi connectivity index (χ1v) is 11.8. The molecule has 36 heavy (non-hydrogen) atoms. The number of fused-ring (bicyclic) bond motifs is 4. The highest BCUT2D eigenvalue weighted by Gasteiger charge is 2.26. The van der Waals surface area contributed by atoms with E-state index in [9.17, 15) is 4.39 Å². The molecule has 0 amide bonds. The van der Waals surface area contributed by atoms with E-state index in [4.69, 9.17) is 16.6 Å². The lowest BCUT2D eigenvalue weighted by molar-refractivity contribution is 0.624. The minimum absolute atomic E-state index is 0.274. The van der Waals surface area contributed by atoms with E-state index in [0.29, 0.717) is 30.1 Å². The molecule has 0 spiro atoms. The fourth-order valence-electron chi connectivity index (χ4n) is 4.47. The molecule has 9 heteroatoms. The quantitative estimate of drug-likeness (QED) is 0.338. The van der Waals surface area contributed by atoms with Gasteiger partial charge in [-0.1, -0.05) is 35.9 Å². The molecule has 0 bridgehead atoms. The van der Waals surface area contributed by atoms with Crippen molar-refractivity contribution in [3.63, 3.8) is 0 Å². The maximum absolute atomic E-state index is 14.7. The Balaban J connectivity index is 1.35. The van der Waals surface area contributed by atoms with E-state index in [2.05, 4.69) is 30.6 Å². The molecule has 0 saturated carbocycles. The molecular weight excluding hydrogens is 477 g/mol. The topological polar surface area (TPSA) is 90.9 Å². The third kappa shape index (κ3) is 4.10. The number of hydrogen-bond donors (Lipinski definition) is 3. The molecule has 7 nitrogen and oxygen atoms in total. The van der Waals surface area contributed by atoms with Crippen molar-refractivity contribution in [3.05, 3.63) is 101 Å². The Hall–Kier alpha value is -4.14. The van der Waals surface area contributed by atoms with Gasteiger partial charge in [0.05, 0.1) is 23.3 Å². The van der Waals surface area contributed by atoms with Crippen molar-refractivity contribution >= 4 is 50.6 Å².